The molecule has 0 aliphatic carbocycles. The molecule has 0 saturated carbocycles. The van der Waals surface area contributed by atoms with Gasteiger partial charge in [0.25, 0.3) is 5.91 Å². The molecule has 1 aromatic heterocycles. The molecule has 0 radical (unpaired) electrons. The lowest BCUT2D eigenvalue weighted by Gasteiger charge is -2.14. The van der Waals surface area contributed by atoms with Crippen LogP contribution in [-0.2, 0) is 16.1 Å². The highest BCUT2D eigenvalue weighted by Crippen LogP contribution is 2.15. The van der Waals surface area contributed by atoms with Crippen molar-refractivity contribution >= 4 is 23.2 Å². The van der Waals surface area contributed by atoms with Crippen molar-refractivity contribution in [2.75, 3.05) is 0 Å². The van der Waals surface area contributed by atoms with E-state index in [0.29, 0.717) is 17.9 Å². The van der Waals surface area contributed by atoms with E-state index >= 15 is 0 Å². The van der Waals surface area contributed by atoms with Gasteiger partial charge in [-0.1, -0.05) is 6.07 Å². The molecular weight excluding hydrogens is 326 g/mol. The molecule has 0 aliphatic heterocycles. The first-order valence-corrected chi connectivity index (χ1v) is 8.61. The second-order valence-electron chi connectivity index (χ2n) is 5.54. The Balaban J connectivity index is 1.84. The molecule has 128 valence electrons. The number of carbonyl (C=O) groups is 2. The third-order valence-electron chi connectivity index (χ3n) is 3.13. The molecule has 5 nitrogen and oxygen atoms in total. The van der Waals surface area contributed by atoms with E-state index in [4.69, 9.17) is 9.47 Å². The zero-order chi connectivity index (χ0) is 17.5. The van der Waals surface area contributed by atoms with Crippen molar-refractivity contribution in [2.24, 2.45) is 0 Å². The molecule has 2 rings (SSSR count). The number of esters is 1. The lowest BCUT2D eigenvalue weighted by Crippen LogP contribution is -2.35. The van der Waals surface area contributed by atoms with Crippen LogP contribution >= 0.6 is 11.3 Å². The lowest BCUT2D eigenvalue weighted by molar-refractivity contribution is -0.129. The van der Waals surface area contributed by atoms with Gasteiger partial charge in [-0.15, -0.1) is 11.3 Å². The summed E-state index contributed by atoms with van der Waals surface area (Å²) < 4.78 is 10.7. The standard InChI is InChI=1S/C18H21NO4S/c1-12(2)22-15-8-6-14(7-9-15)18(21)23-13(3)17(20)19-11-16-5-4-10-24-16/h4-10,12-13H,11H2,1-3H3,(H,19,20)/t13-/m1/s1. The maximum absolute atomic E-state index is 12.1. The van der Waals surface area contributed by atoms with E-state index < -0.39 is 12.1 Å². The predicted molar refractivity (Wildman–Crippen MR) is 93.2 cm³/mol. The number of ether oxygens (including phenoxy) is 2. The quantitative estimate of drug-likeness (QED) is 0.780. The summed E-state index contributed by atoms with van der Waals surface area (Å²) >= 11 is 1.56. The SMILES string of the molecule is CC(C)Oc1ccc(C(=O)O[C@H](C)C(=O)NCc2cccs2)cc1. The molecule has 0 fully saturated rings. The Labute approximate surface area is 145 Å². The number of hydrogen-bond donors (Lipinski definition) is 1. The van der Waals surface area contributed by atoms with Crippen molar-refractivity contribution in [1.82, 2.24) is 5.32 Å². The number of carbonyl (C=O) groups excluding carboxylic acids is 2. The van der Waals surface area contributed by atoms with Gasteiger partial charge in [-0.3, -0.25) is 4.79 Å². The van der Waals surface area contributed by atoms with Crippen LogP contribution in [0.1, 0.15) is 36.0 Å². The monoisotopic (exact) mass is 347 g/mol. The Morgan fingerprint density at radius 2 is 1.83 bits per heavy atom. The molecule has 0 bridgehead atoms. The van der Waals surface area contributed by atoms with E-state index in [1.807, 2.05) is 31.4 Å². The van der Waals surface area contributed by atoms with Crippen LogP contribution < -0.4 is 10.1 Å². The minimum atomic E-state index is -0.857. The van der Waals surface area contributed by atoms with Gasteiger partial charge < -0.3 is 14.8 Å². The summed E-state index contributed by atoms with van der Waals surface area (Å²) in [6, 6.07) is 10.5. The fraction of sp³-hybridized carbons (Fsp3) is 0.333. The van der Waals surface area contributed by atoms with Gasteiger partial charge in [0.05, 0.1) is 18.2 Å². The van der Waals surface area contributed by atoms with E-state index in [2.05, 4.69) is 5.32 Å². The maximum atomic E-state index is 12.1. The Kier molecular flexibility index (Phi) is 6.37. The predicted octanol–water partition coefficient (Wildman–Crippen LogP) is 3.40. The van der Waals surface area contributed by atoms with Crippen LogP contribution in [0.2, 0.25) is 0 Å². The highest BCUT2D eigenvalue weighted by Gasteiger charge is 2.18. The summed E-state index contributed by atoms with van der Waals surface area (Å²) in [5.41, 5.74) is 0.379. The van der Waals surface area contributed by atoms with Gasteiger partial charge in [0.15, 0.2) is 6.10 Å². The Morgan fingerprint density at radius 1 is 1.12 bits per heavy atom. The molecule has 0 saturated heterocycles. The molecule has 0 aliphatic rings. The molecule has 1 heterocycles. The number of amides is 1. The van der Waals surface area contributed by atoms with Gasteiger partial charge in [-0.2, -0.15) is 0 Å². The van der Waals surface area contributed by atoms with Crippen molar-refractivity contribution in [2.45, 2.75) is 39.5 Å². The molecule has 0 spiro atoms. The van der Waals surface area contributed by atoms with Crippen molar-refractivity contribution in [3.63, 3.8) is 0 Å². The van der Waals surface area contributed by atoms with Crippen molar-refractivity contribution in [1.29, 1.82) is 0 Å². The zero-order valence-corrected chi connectivity index (χ0v) is 14.8. The highest BCUT2D eigenvalue weighted by atomic mass is 32.1. The average Bonchev–Trinajstić information content (AvgIpc) is 3.06. The van der Waals surface area contributed by atoms with E-state index in [1.165, 1.54) is 0 Å². The van der Waals surface area contributed by atoms with Gasteiger partial charge in [0.2, 0.25) is 0 Å². The number of thiophene rings is 1. The Bertz CT molecular complexity index is 665. The summed E-state index contributed by atoms with van der Waals surface area (Å²) in [7, 11) is 0. The Morgan fingerprint density at radius 3 is 2.42 bits per heavy atom. The molecule has 1 amide bonds. The van der Waals surface area contributed by atoms with Crippen molar-refractivity contribution < 1.29 is 19.1 Å². The fourth-order valence-electron chi connectivity index (χ4n) is 1.95. The Hall–Kier alpha value is -2.34. The first kappa shape index (κ1) is 18.0. The lowest BCUT2D eigenvalue weighted by atomic mass is 10.2. The van der Waals surface area contributed by atoms with Crippen LogP contribution in [0.3, 0.4) is 0 Å². The minimum absolute atomic E-state index is 0.0647. The molecule has 2 aromatic rings. The van der Waals surface area contributed by atoms with Gasteiger partial charge in [-0.05, 0) is 56.5 Å². The number of nitrogens with one attached hydrogen (secondary N) is 1. The topological polar surface area (TPSA) is 64.6 Å². The smallest absolute Gasteiger partial charge is 0.338 e. The highest BCUT2D eigenvalue weighted by molar-refractivity contribution is 7.09. The largest absolute Gasteiger partial charge is 0.491 e. The molecule has 24 heavy (non-hydrogen) atoms. The van der Waals surface area contributed by atoms with E-state index in [9.17, 15) is 9.59 Å². The first-order chi connectivity index (χ1) is 11.5. The average molecular weight is 347 g/mol. The molecule has 1 atom stereocenters. The van der Waals surface area contributed by atoms with Gasteiger partial charge in [0.1, 0.15) is 5.75 Å². The maximum Gasteiger partial charge on any atom is 0.338 e. The van der Waals surface area contributed by atoms with Crippen LogP contribution in [0.5, 0.6) is 5.75 Å². The summed E-state index contributed by atoms with van der Waals surface area (Å²) in [6.45, 7) is 5.84. The third-order valence-corrected chi connectivity index (χ3v) is 4.01. The summed E-state index contributed by atoms with van der Waals surface area (Å²) in [6.07, 6.45) is -0.793. The number of rotatable bonds is 7. The van der Waals surface area contributed by atoms with Gasteiger partial charge in [-0.25, -0.2) is 4.79 Å². The molecule has 1 aromatic carbocycles. The second-order valence-corrected chi connectivity index (χ2v) is 6.57. The van der Waals surface area contributed by atoms with Crippen molar-refractivity contribution in [3.05, 3.63) is 52.2 Å². The van der Waals surface area contributed by atoms with Crippen LogP contribution in [0, 0.1) is 0 Å². The van der Waals surface area contributed by atoms with Gasteiger partial charge in [0, 0.05) is 4.88 Å². The normalized spacial score (nSPS) is 11.8. The summed E-state index contributed by atoms with van der Waals surface area (Å²) in [5.74, 6) is -0.176. The molecule has 1 N–H and O–H groups in total. The first-order valence-electron chi connectivity index (χ1n) is 7.73. The summed E-state index contributed by atoms with van der Waals surface area (Å²) in [5, 5.41) is 4.69. The van der Waals surface area contributed by atoms with Crippen LogP contribution in [0.15, 0.2) is 41.8 Å². The van der Waals surface area contributed by atoms with Crippen LogP contribution in [-0.4, -0.2) is 24.1 Å². The molecular formula is C18H21NO4S. The summed E-state index contributed by atoms with van der Waals surface area (Å²) in [4.78, 5) is 25.1. The second kappa shape index (κ2) is 8.49. The minimum Gasteiger partial charge on any atom is -0.491 e. The van der Waals surface area contributed by atoms with E-state index in [1.54, 1.807) is 42.5 Å². The zero-order valence-electron chi connectivity index (χ0n) is 13.9. The van der Waals surface area contributed by atoms with Crippen LogP contribution in [0.4, 0.5) is 0 Å². The van der Waals surface area contributed by atoms with Crippen LogP contribution in [0.25, 0.3) is 0 Å². The molecule has 0 unspecified atom stereocenters. The number of hydrogen-bond acceptors (Lipinski definition) is 5. The number of benzene rings is 1. The third kappa shape index (κ3) is 5.38. The molecule has 6 heteroatoms. The fourth-order valence-corrected chi connectivity index (χ4v) is 2.60. The van der Waals surface area contributed by atoms with Gasteiger partial charge >= 0.3 is 5.97 Å². The van der Waals surface area contributed by atoms with Crippen molar-refractivity contribution in [3.8, 4) is 5.75 Å². The van der Waals surface area contributed by atoms with E-state index in [0.717, 1.165) is 4.88 Å². The van der Waals surface area contributed by atoms with E-state index in [-0.39, 0.29) is 12.0 Å².